The summed E-state index contributed by atoms with van der Waals surface area (Å²) < 4.78 is 81.9. The number of halogens is 6. The molecule has 1 aromatic carbocycles. The van der Waals surface area contributed by atoms with E-state index in [-0.39, 0.29) is 18.2 Å². The van der Waals surface area contributed by atoms with E-state index >= 15 is 0 Å². The number of rotatable bonds is 3. The molecule has 0 heterocycles. The first kappa shape index (κ1) is 21.6. The highest BCUT2D eigenvalue weighted by atomic mass is 19.4. The third-order valence-corrected chi connectivity index (χ3v) is 2.85. The number of aliphatic carboxylic acids is 1. The monoisotopic (exact) mass is 387 g/mol. The number of hydrogen-bond acceptors (Lipinski definition) is 3. The first-order valence-corrected chi connectivity index (χ1v) is 7.02. The van der Waals surface area contributed by atoms with Crippen LogP contribution in [0.5, 0.6) is 0 Å². The Hall–Kier alpha value is -2.46. The van der Waals surface area contributed by atoms with Crippen molar-refractivity contribution in [1.29, 1.82) is 0 Å². The molecular weight excluding hydrogens is 372 g/mol. The van der Waals surface area contributed by atoms with E-state index < -0.39 is 52.7 Å². The second-order valence-electron chi connectivity index (χ2n) is 6.26. The van der Waals surface area contributed by atoms with Gasteiger partial charge < -0.3 is 15.2 Å². The minimum atomic E-state index is -5.15. The Bertz CT molecular complexity index is 659. The minimum Gasteiger partial charge on any atom is -0.479 e. The summed E-state index contributed by atoms with van der Waals surface area (Å²) in [4.78, 5) is 23.0. The predicted octanol–water partition coefficient (Wildman–Crippen LogP) is 4.37. The first-order valence-electron chi connectivity index (χ1n) is 7.02. The molecule has 0 spiro atoms. The van der Waals surface area contributed by atoms with Crippen LogP contribution in [0.15, 0.2) is 18.2 Å². The zero-order chi connectivity index (χ0) is 20.5. The van der Waals surface area contributed by atoms with Crippen LogP contribution >= 0.6 is 0 Å². The highest BCUT2D eigenvalue weighted by molar-refractivity contribution is 5.81. The molecule has 0 aliphatic carbocycles. The zero-order valence-electron chi connectivity index (χ0n) is 13.7. The van der Waals surface area contributed by atoms with E-state index in [1.165, 1.54) is 20.8 Å². The second-order valence-corrected chi connectivity index (χ2v) is 6.26. The molecule has 5 nitrogen and oxygen atoms in total. The van der Waals surface area contributed by atoms with Gasteiger partial charge in [-0.15, -0.1) is 0 Å². The van der Waals surface area contributed by atoms with E-state index in [4.69, 9.17) is 9.84 Å². The van der Waals surface area contributed by atoms with Gasteiger partial charge in [-0.1, -0.05) is 0 Å². The fourth-order valence-electron chi connectivity index (χ4n) is 1.86. The van der Waals surface area contributed by atoms with E-state index in [0.29, 0.717) is 0 Å². The van der Waals surface area contributed by atoms with Crippen LogP contribution < -0.4 is 5.32 Å². The standard InChI is InChI=1S/C15H15F6NO4/c1-13(2,3)26-12(25)22-10(11(23)24)7-4-8(14(16,17)18)6-9(5-7)15(19,20)21/h4-6,10H,1-3H3,(H,22,25)(H,23,24). The van der Waals surface area contributed by atoms with Crippen molar-refractivity contribution in [3.8, 4) is 0 Å². The average Bonchev–Trinajstić information content (AvgIpc) is 2.40. The van der Waals surface area contributed by atoms with Gasteiger partial charge in [-0.2, -0.15) is 26.3 Å². The van der Waals surface area contributed by atoms with Crippen molar-refractivity contribution in [3.05, 3.63) is 34.9 Å². The molecule has 0 fully saturated rings. The third kappa shape index (κ3) is 6.12. The molecule has 0 saturated carbocycles. The summed E-state index contributed by atoms with van der Waals surface area (Å²) in [5.74, 6) is -1.86. The summed E-state index contributed by atoms with van der Waals surface area (Å²) in [6, 6.07) is -1.86. The Balaban J connectivity index is 3.38. The topological polar surface area (TPSA) is 75.6 Å². The number of nitrogens with one attached hydrogen (secondary N) is 1. The minimum absolute atomic E-state index is 0.143. The van der Waals surface area contributed by atoms with Gasteiger partial charge in [0.25, 0.3) is 0 Å². The maximum absolute atomic E-state index is 12.9. The lowest BCUT2D eigenvalue weighted by Gasteiger charge is -2.23. The Morgan fingerprint density at radius 2 is 1.38 bits per heavy atom. The number of carboxylic acid groups (broad SMARTS) is 1. The molecule has 11 heteroatoms. The molecule has 0 aliphatic heterocycles. The number of carbonyl (C=O) groups is 2. The summed E-state index contributed by atoms with van der Waals surface area (Å²) in [6.07, 6.45) is -11.6. The molecule has 0 saturated heterocycles. The van der Waals surface area contributed by atoms with Crippen LogP contribution in [0, 0.1) is 0 Å². The number of ether oxygens (including phenoxy) is 1. The summed E-state index contributed by atoms with van der Waals surface area (Å²) in [6.45, 7) is 4.32. The molecule has 1 atom stereocenters. The number of alkyl carbamates (subject to hydrolysis) is 1. The van der Waals surface area contributed by atoms with Gasteiger partial charge in [-0.3, -0.25) is 0 Å². The lowest BCUT2D eigenvalue weighted by Crippen LogP contribution is -2.38. The number of amides is 1. The Morgan fingerprint density at radius 1 is 0.962 bits per heavy atom. The summed E-state index contributed by atoms with van der Waals surface area (Å²) in [5.41, 5.74) is -5.34. The van der Waals surface area contributed by atoms with Crippen molar-refractivity contribution in [2.24, 2.45) is 0 Å². The summed E-state index contributed by atoms with van der Waals surface area (Å²) in [7, 11) is 0. The van der Waals surface area contributed by atoms with Crippen LogP contribution in [-0.2, 0) is 21.9 Å². The van der Waals surface area contributed by atoms with Crippen molar-refractivity contribution >= 4 is 12.1 Å². The number of benzene rings is 1. The third-order valence-electron chi connectivity index (χ3n) is 2.85. The Kier molecular flexibility index (Phi) is 5.84. The lowest BCUT2D eigenvalue weighted by molar-refractivity contribution is -0.144. The van der Waals surface area contributed by atoms with Crippen molar-refractivity contribution in [1.82, 2.24) is 5.32 Å². The maximum Gasteiger partial charge on any atom is 0.416 e. The van der Waals surface area contributed by atoms with Gasteiger partial charge in [-0.05, 0) is 44.5 Å². The highest BCUT2D eigenvalue weighted by Crippen LogP contribution is 2.37. The van der Waals surface area contributed by atoms with E-state index in [1.807, 2.05) is 0 Å². The molecule has 0 aromatic heterocycles. The molecule has 0 aliphatic rings. The van der Waals surface area contributed by atoms with Gasteiger partial charge in [0.15, 0.2) is 6.04 Å². The fourth-order valence-corrected chi connectivity index (χ4v) is 1.86. The molecule has 1 aromatic rings. The number of hydrogen-bond donors (Lipinski definition) is 2. The average molecular weight is 387 g/mol. The van der Waals surface area contributed by atoms with Crippen LogP contribution in [0.1, 0.15) is 43.5 Å². The summed E-state index contributed by atoms with van der Waals surface area (Å²) >= 11 is 0. The summed E-state index contributed by atoms with van der Waals surface area (Å²) in [5, 5.41) is 10.9. The quantitative estimate of drug-likeness (QED) is 0.755. The number of carbonyl (C=O) groups excluding carboxylic acids is 1. The van der Waals surface area contributed by atoms with Gasteiger partial charge in [0, 0.05) is 0 Å². The number of carboxylic acids is 1. The number of alkyl halides is 6. The SMILES string of the molecule is CC(C)(C)OC(=O)NC(C(=O)O)c1cc(C(F)(F)F)cc(C(F)(F)F)c1. The zero-order valence-corrected chi connectivity index (χ0v) is 13.7. The molecule has 146 valence electrons. The van der Waals surface area contributed by atoms with Gasteiger partial charge in [0.1, 0.15) is 5.60 Å². The largest absolute Gasteiger partial charge is 0.479 e. The fraction of sp³-hybridized carbons (Fsp3) is 0.467. The maximum atomic E-state index is 12.9. The van der Waals surface area contributed by atoms with Gasteiger partial charge >= 0.3 is 24.4 Å². The molecule has 26 heavy (non-hydrogen) atoms. The first-order chi connectivity index (χ1) is 11.5. The highest BCUT2D eigenvalue weighted by Gasteiger charge is 2.38. The van der Waals surface area contributed by atoms with Gasteiger partial charge in [-0.25, -0.2) is 9.59 Å². The molecule has 1 amide bonds. The van der Waals surface area contributed by atoms with Crippen molar-refractivity contribution in [2.45, 2.75) is 44.8 Å². The predicted molar refractivity (Wildman–Crippen MR) is 76.2 cm³/mol. The van der Waals surface area contributed by atoms with E-state index in [0.717, 1.165) is 0 Å². The van der Waals surface area contributed by atoms with Crippen LogP contribution in [0.4, 0.5) is 31.1 Å². The van der Waals surface area contributed by atoms with E-state index in [9.17, 15) is 35.9 Å². The van der Waals surface area contributed by atoms with Gasteiger partial charge in [0.05, 0.1) is 11.1 Å². The van der Waals surface area contributed by atoms with Gasteiger partial charge in [0.2, 0.25) is 0 Å². The Morgan fingerprint density at radius 3 is 1.69 bits per heavy atom. The van der Waals surface area contributed by atoms with Crippen molar-refractivity contribution < 1.29 is 45.8 Å². The lowest BCUT2D eigenvalue weighted by atomic mass is 9.99. The van der Waals surface area contributed by atoms with E-state index in [1.54, 1.807) is 5.32 Å². The molecule has 0 bridgehead atoms. The second kappa shape index (κ2) is 7.04. The van der Waals surface area contributed by atoms with Crippen LogP contribution in [0.25, 0.3) is 0 Å². The Labute approximate surface area is 143 Å². The van der Waals surface area contributed by atoms with Crippen molar-refractivity contribution in [3.63, 3.8) is 0 Å². The van der Waals surface area contributed by atoms with Crippen LogP contribution in [-0.4, -0.2) is 22.8 Å². The molecule has 2 N–H and O–H groups in total. The molecule has 1 rings (SSSR count). The van der Waals surface area contributed by atoms with Crippen molar-refractivity contribution in [2.75, 3.05) is 0 Å². The molecular formula is C15H15F6NO4. The van der Waals surface area contributed by atoms with Crippen LogP contribution in [0.2, 0.25) is 0 Å². The molecule has 1 unspecified atom stereocenters. The van der Waals surface area contributed by atoms with Crippen LogP contribution in [0.3, 0.4) is 0 Å². The smallest absolute Gasteiger partial charge is 0.416 e. The van der Waals surface area contributed by atoms with E-state index in [2.05, 4.69) is 0 Å². The molecule has 0 radical (unpaired) electrons. The normalized spacial score (nSPS) is 13.9.